The van der Waals surface area contributed by atoms with Crippen molar-refractivity contribution in [2.24, 2.45) is 0 Å². The Balaban J connectivity index is 1.64. The molecule has 8 heteroatoms. The van der Waals surface area contributed by atoms with Gasteiger partial charge in [-0.25, -0.2) is 15.0 Å². The van der Waals surface area contributed by atoms with Crippen LogP contribution in [0.15, 0.2) is 54.7 Å². The van der Waals surface area contributed by atoms with Gasteiger partial charge in [0, 0.05) is 30.1 Å². The van der Waals surface area contributed by atoms with Gasteiger partial charge in [-0.05, 0) is 31.2 Å². The molecule has 0 radical (unpaired) electrons. The van der Waals surface area contributed by atoms with Crippen LogP contribution in [-0.4, -0.2) is 48.5 Å². The third kappa shape index (κ3) is 3.85. The van der Waals surface area contributed by atoms with Crippen molar-refractivity contribution in [3.05, 3.63) is 71.8 Å². The zero-order valence-corrected chi connectivity index (χ0v) is 18.5. The van der Waals surface area contributed by atoms with Gasteiger partial charge in [0.25, 0.3) is 5.91 Å². The van der Waals surface area contributed by atoms with E-state index in [0.717, 1.165) is 40.3 Å². The molecule has 0 aliphatic rings. The average molecular weight is 441 g/mol. The van der Waals surface area contributed by atoms with E-state index in [1.54, 1.807) is 6.20 Å². The fourth-order valence-electron chi connectivity index (χ4n) is 3.83. The molecule has 0 saturated heterocycles. The summed E-state index contributed by atoms with van der Waals surface area (Å²) < 4.78 is 1.81. The molecule has 0 aliphatic heterocycles. The summed E-state index contributed by atoms with van der Waals surface area (Å²) in [5.41, 5.74) is 6.29. The summed E-state index contributed by atoms with van der Waals surface area (Å²) in [5.74, 6) is 0.561. The number of aliphatic hydroxyl groups excluding tert-OH is 1. The number of imidazole rings is 2. The first-order valence-corrected chi connectivity index (χ1v) is 10.9. The van der Waals surface area contributed by atoms with Gasteiger partial charge < -0.3 is 15.4 Å². The van der Waals surface area contributed by atoms with E-state index < -0.39 is 0 Å². The number of aromatic nitrogens is 5. The van der Waals surface area contributed by atoms with Crippen LogP contribution in [-0.2, 0) is 6.42 Å². The van der Waals surface area contributed by atoms with Crippen LogP contribution in [0, 0.1) is 6.92 Å². The SMILES string of the molecule is CCc1nc(-c2ccc(C)cc2)c(-c2ccc3ccc4nc(C(=O)NCCO)cn4c3n2)[nH]1. The molecule has 4 aromatic heterocycles. The summed E-state index contributed by atoms with van der Waals surface area (Å²) in [6.07, 6.45) is 2.46. The van der Waals surface area contributed by atoms with E-state index in [2.05, 4.69) is 53.4 Å². The number of rotatable bonds is 6. The molecule has 0 fully saturated rings. The fourth-order valence-corrected chi connectivity index (χ4v) is 3.83. The minimum absolute atomic E-state index is 0.125. The first-order chi connectivity index (χ1) is 16.1. The number of nitrogens with zero attached hydrogens (tertiary/aromatic N) is 4. The van der Waals surface area contributed by atoms with E-state index in [4.69, 9.17) is 15.1 Å². The molecular weight excluding hydrogens is 416 g/mol. The number of aryl methyl sites for hydroxylation is 2. The van der Waals surface area contributed by atoms with Crippen LogP contribution < -0.4 is 5.32 Å². The van der Waals surface area contributed by atoms with Gasteiger partial charge in [-0.1, -0.05) is 36.8 Å². The predicted molar refractivity (Wildman–Crippen MR) is 127 cm³/mol. The highest BCUT2D eigenvalue weighted by Gasteiger charge is 2.17. The number of nitrogens with one attached hydrogen (secondary N) is 2. The molecule has 0 spiro atoms. The number of amides is 1. The van der Waals surface area contributed by atoms with Crippen molar-refractivity contribution in [3.8, 4) is 22.6 Å². The molecule has 33 heavy (non-hydrogen) atoms. The van der Waals surface area contributed by atoms with Crippen molar-refractivity contribution in [3.63, 3.8) is 0 Å². The van der Waals surface area contributed by atoms with E-state index in [-0.39, 0.29) is 24.8 Å². The van der Waals surface area contributed by atoms with Crippen LogP contribution in [0.5, 0.6) is 0 Å². The van der Waals surface area contributed by atoms with Gasteiger partial charge in [0.1, 0.15) is 22.8 Å². The van der Waals surface area contributed by atoms with Gasteiger partial charge in [0.15, 0.2) is 0 Å². The van der Waals surface area contributed by atoms with Crippen molar-refractivity contribution in [1.29, 1.82) is 0 Å². The number of carbonyl (C=O) groups is 1. The molecule has 0 bridgehead atoms. The summed E-state index contributed by atoms with van der Waals surface area (Å²) >= 11 is 0. The van der Waals surface area contributed by atoms with E-state index in [0.29, 0.717) is 11.3 Å². The Hall–Kier alpha value is -4.04. The quantitative estimate of drug-likeness (QED) is 0.374. The zero-order valence-electron chi connectivity index (χ0n) is 18.5. The number of aliphatic hydroxyl groups is 1. The van der Waals surface area contributed by atoms with Gasteiger partial charge in [-0.3, -0.25) is 9.20 Å². The fraction of sp³-hybridized carbons (Fsp3) is 0.200. The second kappa shape index (κ2) is 8.48. The molecule has 4 heterocycles. The highest BCUT2D eigenvalue weighted by atomic mass is 16.3. The van der Waals surface area contributed by atoms with Crippen LogP contribution in [0.2, 0.25) is 0 Å². The van der Waals surface area contributed by atoms with Crippen LogP contribution in [0.4, 0.5) is 0 Å². The maximum Gasteiger partial charge on any atom is 0.271 e. The highest BCUT2D eigenvalue weighted by Crippen LogP contribution is 2.31. The first kappa shape index (κ1) is 20.8. The topological polar surface area (TPSA) is 108 Å². The first-order valence-electron chi connectivity index (χ1n) is 10.9. The summed E-state index contributed by atoms with van der Waals surface area (Å²) in [6.45, 7) is 4.18. The lowest BCUT2D eigenvalue weighted by molar-refractivity contribution is 0.0940. The van der Waals surface area contributed by atoms with Gasteiger partial charge in [-0.2, -0.15) is 0 Å². The summed E-state index contributed by atoms with van der Waals surface area (Å²) in [4.78, 5) is 29.9. The summed E-state index contributed by atoms with van der Waals surface area (Å²) in [6, 6.07) is 16.1. The van der Waals surface area contributed by atoms with Gasteiger partial charge >= 0.3 is 0 Å². The Bertz CT molecular complexity index is 1470. The minimum Gasteiger partial charge on any atom is -0.395 e. The molecule has 0 aliphatic carbocycles. The molecule has 5 rings (SSSR count). The van der Waals surface area contributed by atoms with Crippen molar-refractivity contribution in [2.45, 2.75) is 20.3 Å². The standard InChI is InChI=1S/C25H24N6O2/c1-3-20-29-22(16-6-4-15(2)5-7-16)23(30-20)18-10-8-17-9-11-21-27-19(25(33)26-12-13-32)14-31(21)24(17)28-18/h4-11,14,32H,3,12-13H2,1-2H3,(H,26,33)(H,29,30). The smallest absolute Gasteiger partial charge is 0.271 e. The minimum atomic E-state index is -0.333. The number of benzene rings is 1. The molecule has 8 nitrogen and oxygen atoms in total. The summed E-state index contributed by atoms with van der Waals surface area (Å²) in [7, 11) is 0. The largest absolute Gasteiger partial charge is 0.395 e. The lowest BCUT2D eigenvalue weighted by Gasteiger charge is -2.06. The van der Waals surface area contributed by atoms with Crippen LogP contribution >= 0.6 is 0 Å². The maximum absolute atomic E-state index is 12.3. The number of aromatic amines is 1. The second-order valence-corrected chi connectivity index (χ2v) is 7.90. The monoisotopic (exact) mass is 440 g/mol. The average Bonchev–Trinajstić information content (AvgIpc) is 3.47. The Morgan fingerprint density at radius 1 is 1.06 bits per heavy atom. The second-order valence-electron chi connectivity index (χ2n) is 7.90. The Morgan fingerprint density at radius 2 is 1.85 bits per heavy atom. The number of fused-ring (bicyclic) bond motifs is 3. The van der Waals surface area contributed by atoms with E-state index in [1.807, 2.05) is 28.7 Å². The van der Waals surface area contributed by atoms with E-state index in [9.17, 15) is 4.79 Å². The normalized spacial score (nSPS) is 11.4. The Kier molecular flexibility index (Phi) is 5.35. The van der Waals surface area contributed by atoms with E-state index >= 15 is 0 Å². The number of carbonyl (C=O) groups excluding carboxylic acids is 1. The lowest BCUT2D eigenvalue weighted by atomic mass is 10.1. The van der Waals surface area contributed by atoms with Crippen molar-refractivity contribution in [2.75, 3.05) is 13.2 Å². The highest BCUT2D eigenvalue weighted by molar-refractivity contribution is 5.93. The number of hydrogen-bond donors (Lipinski definition) is 3. The van der Waals surface area contributed by atoms with Gasteiger partial charge in [-0.15, -0.1) is 0 Å². The molecule has 166 valence electrons. The van der Waals surface area contributed by atoms with E-state index in [1.165, 1.54) is 5.56 Å². The third-order valence-corrected chi connectivity index (χ3v) is 5.58. The van der Waals surface area contributed by atoms with Gasteiger partial charge in [0.05, 0.1) is 23.7 Å². The number of H-pyrrole nitrogens is 1. The zero-order chi connectivity index (χ0) is 22.9. The van der Waals surface area contributed by atoms with Crippen molar-refractivity contribution < 1.29 is 9.90 Å². The van der Waals surface area contributed by atoms with Gasteiger partial charge in [0.2, 0.25) is 0 Å². The Morgan fingerprint density at radius 3 is 2.61 bits per heavy atom. The molecule has 1 aromatic carbocycles. The predicted octanol–water partition coefficient (Wildman–Crippen LogP) is 3.53. The van der Waals surface area contributed by atoms with Crippen LogP contribution in [0.25, 0.3) is 39.3 Å². The molecule has 5 aromatic rings. The molecule has 0 unspecified atom stereocenters. The maximum atomic E-state index is 12.3. The van der Waals surface area contributed by atoms with Crippen molar-refractivity contribution in [1.82, 2.24) is 29.7 Å². The lowest BCUT2D eigenvalue weighted by Crippen LogP contribution is -2.26. The molecule has 0 saturated carbocycles. The molecular formula is C25H24N6O2. The molecule has 1 amide bonds. The Labute approximate surface area is 190 Å². The van der Waals surface area contributed by atoms with Crippen molar-refractivity contribution >= 4 is 22.6 Å². The summed E-state index contributed by atoms with van der Waals surface area (Å²) in [5, 5.41) is 12.5. The third-order valence-electron chi connectivity index (χ3n) is 5.58. The van der Waals surface area contributed by atoms with Crippen LogP contribution in [0.1, 0.15) is 28.8 Å². The van der Waals surface area contributed by atoms with Crippen LogP contribution in [0.3, 0.4) is 0 Å². The molecule has 3 N–H and O–H groups in total. The molecule has 0 atom stereocenters. The number of hydrogen-bond acceptors (Lipinski definition) is 5. The number of pyridine rings is 2.